The molecule has 1 aliphatic rings. The number of benzene rings is 3. The number of nitrogens with zero attached hydrogens (tertiary/aromatic N) is 1. The van der Waals surface area contributed by atoms with E-state index in [0.717, 1.165) is 28.9 Å². The highest BCUT2D eigenvalue weighted by molar-refractivity contribution is 6.30. The largest absolute Gasteiger partial charge is 0.497 e. The first-order valence-corrected chi connectivity index (χ1v) is 14.3. The van der Waals surface area contributed by atoms with Crippen molar-refractivity contribution in [1.82, 2.24) is 10.2 Å². The number of likely N-dealkylation sites (tertiary alicyclic amines) is 1. The predicted molar refractivity (Wildman–Crippen MR) is 162 cm³/mol. The van der Waals surface area contributed by atoms with Gasteiger partial charge in [-0.25, -0.2) is 0 Å². The first kappa shape index (κ1) is 29.2. The molecule has 6 heteroatoms. The molecule has 206 valence electrons. The molecule has 1 N–H and O–H groups in total. The van der Waals surface area contributed by atoms with E-state index in [2.05, 4.69) is 61.0 Å². The maximum absolute atomic E-state index is 14.4. The highest BCUT2D eigenvalue weighted by Gasteiger charge is 2.50. The number of nitrogens with one attached hydrogen (secondary N) is 1. The smallest absolute Gasteiger partial charge is 0.229 e. The Balaban J connectivity index is 1.72. The van der Waals surface area contributed by atoms with Crippen LogP contribution in [0.2, 0.25) is 10.0 Å². The highest BCUT2D eigenvalue weighted by Crippen LogP contribution is 2.52. The van der Waals surface area contributed by atoms with E-state index in [1.165, 1.54) is 0 Å². The third-order valence-corrected chi connectivity index (χ3v) is 8.41. The molecule has 0 aromatic heterocycles. The Morgan fingerprint density at radius 3 is 2.41 bits per heavy atom. The van der Waals surface area contributed by atoms with E-state index in [1.807, 2.05) is 48.5 Å². The number of hydrogen-bond acceptors (Lipinski definition) is 3. The zero-order valence-corrected chi connectivity index (χ0v) is 24.5. The third kappa shape index (κ3) is 6.69. The number of hydrogen-bond donors (Lipinski definition) is 1. The van der Waals surface area contributed by atoms with Gasteiger partial charge in [0, 0.05) is 35.1 Å². The van der Waals surface area contributed by atoms with Crippen molar-refractivity contribution in [2.75, 3.05) is 13.7 Å². The Bertz CT molecular complexity index is 1260. The van der Waals surface area contributed by atoms with Crippen molar-refractivity contribution in [3.63, 3.8) is 0 Å². The number of carbonyl (C=O) groups is 1. The van der Waals surface area contributed by atoms with Crippen molar-refractivity contribution in [2.45, 2.75) is 57.7 Å². The van der Waals surface area contributed by atoms with Crippen LogP contribution < -0.4 is 10.1 Å². The van der Waals surface area contributed by atoms with Crippen molar-refractivity contribution < 1.29 is 9.53 Å². The number of rotatable bonds is 11. The standard InChI is InChI=1S/C33H38Cl2N2O2/c1-5-18-33(3)20-30(25-8-7-9-27(35)19-25)31(24-12-14-26(34)15-13-24)37(32(33)38)28(6-2)22-36-21-23-10-16-29(39-4)17-11-23/h5,7-17,19,28,30-31,36H,1,6,18,20-22H2,2-4H3/t28?,30-,31-,33+/m1/s1. The minimum absolute atomic E-state index is 0.0115. The second-order valence-corrected chi connectivity index (χ2v) is 11.5. The molecular formula is C33H38Cl2N2O2. The molecule has 0 spiro atoms. The van der Waals surface area contributed by atoms with Crippen molar-refractivity contribution in [3.8, 4) is 5.75 Å². The Kier molecular flexibility index (Phi) is 9.76. The van der Waals surface area contributed by atoms with Gasteiger partial charge in [-0.05, 0) is 72.4 Å². The van der Waals surface area contributed by atoms with Crippen molar-refractivity contribution in [2.24, 2.45) is 5.41 Å². The summed E-state index contributed by atoms with van der Waals surface area (Å²) in [6.07, 6.45) is 4.01. The van der Waals surface area contributed by atoms with Gasteiger partial charge in [-0.1, -0.05) is 79.5 Å². The number of halogens is 2. The van der Waals surface area contributed by atoms with E-state index in [0.29, 0.717) is 36.0 Å². The molecule has 1 aliphatic heterocycles. The second-order valence-electron chi connectivity index (χ2n) is 10.7. The Morgan fingerprint density at radius 1 is 1.08 bits per heavy atom. The number of piperidine rings is 1. The molecule has 4 nitrogen and oxygen atoms in total. The van der Waals surface area contributed by atoms with Crippen molar-refractivity contribution in [1.29, 1.82) is 0 Å². The SMILES string of the molecule is C=CC[C@@]1(C)C[C@H](c2cccc(Cl)c2)[C@@H](c2ccc(Cl)cc2)N(C(CC)CNCc2ccc(OC)cc2)C1=O. The highest BCUT2D eigenvalue weighted by atomic mass is 35.5. The fourth-order valence-corrected chi connectivity index (χ4v) is 6.18. The molecule has 4 rings (SSSR count). The molecule has 1 unspecified atom stereocenters. The van der Waals surface area contributed by atoms with Crippen LogP contribution >= 0.6 is 23.2 Å². The molecule has 1 saturated heterocycles. The van der Waals surface area contributed by atoms with Gasteiger partial charge in [-0.15, -0.1) is 6.58 Å². The van der Waals surface area contributed by atoms with Crippen LogP contribution in [-0.2, 0) is 11.3 Å². The Labute approximate surface area is 243 Å². The van der Waals surface area contributed by atoms with Gasteiger partial charge in [-0.3, -0.25) is 4.79 Å². The van der Waals surface area contributed by atoms with Gasteiger partial charge in [-0.2, -0.15) is 0 Å². The molecule has 0 bridgehead atoms. The topological polar surface area (TPSA) is 41.6 Å². The van der Waals surface area contributed by atoms with Crippen LogP contribution in [0.5, 0.6) is 5.75 Å². The van der Waals surface area contributed by atoms with E-state index >= 15 is 0 Å². The van der Waals surface area contributed by atoms with Crippen LogP contribution in [0.25, 0.3) is 0 Å². The first-order valence-electron chi connectivity index (χ1n) is 13.6. The number of methoxy groups -OCH3 is 1. The van der Waals surface area contributed by atoms with Gasteiger partial charge in [0.05, 0.1) is 18.6 Å². The number of amides is 1. The minimum Gasteiger partial charge on any atom is -0.497 e. The molecule has 4 atom stereocenters. The molecule has 0 radical (unpaired) electrons. The van der Waals surface area contributed by atoms with Crippen LogP contribution in [-0.4, -0.2) is 30.5 Å². The predicted octanol–water partition coefficient (Wildman–Crippen LogP) is 8.21. The summed E-state index contributed by atoms with van der Waals surface area (Å²) in [5.41, 5.74) is 2.81. The summed E-state index contributed by atoms with van der Waals surface area (Å²) in [7, 11) is 1.67. The lowest BCUT2D eigenvalue weighted by atomic mass is 9.67. The molecule has 3 aromatic rings. The molecule has 0 saturated carbocycles. The first-order chi connectivity index (χ1) is 18.8. The van der Waals surface area contributed by atoms with Crippen LogP contribution in [0, 0.1) is 5.41 Å². The van der Waals surface area contributed by atoms with Crippen molar-refractivity contribution >= 4 is 29.1 Å². The number of carbonyl (C=O) groups excluding carboxylic acids is 1. The van der Waals surface area contributed by atoms with Gasteiger partial charge in [0.2, 0.25) is 5.91 Å². The summed E-state index contributed by atoms with van der Waals surface area (Å²) < 4.78 is 5.29. The molecule has 1 fully saturated rings. The zero-order valence-electron chi connectivity index (χ0n) is 23.0. The van der Waals surface area contributed by atoms with Gasteiger partial charge < -0.3 is 15.0 Å². The molecule has 1 heterocycles. The summed E-state index contributed by atoms with van der Waals surface area (Å²) in [6, 6.07) is 23.9. The molecular weight excluding hydrogens is 527 g/mol. The maximum atomic E-state index is 14.4. The van der Waals surface area contributed by atoms with Crippen LogP contribution in [0.1, 0.15) is 61.8 Å². The summed E-state index contributed by atoms with van der Waals surface area (Å²) in [6.45, 7) is 9.60. The molecule has 0 aliphatic carbocycles. The average Bonchev–Trinajstić information content (AvgIpc) is 2.94. The number of allylic oxidation sites excluding steroid dienone is 1. The van der Waals surface area contributed by atoms with E-state index in [-0.39, 0.29) is 23.9 Å². The fourth-order valence-electron chi connectivity index (χ4n) is 5.85. The van der Waals surface area contributed by atoms with Crippen molar-refractivity contribution in [3.05, 3.63) is 112 Å². The summed E-state index contributed by atoms with van der Waals surface area (Å²) >= 11 is 12.8. The van der Waals surface area contributed by atoms with Gasteiger partial charge >= 0.3 is 0 Å². The lowest BCUT2D eigenvalue weighted by molar-refractivity contribution is -0.154. The zero-order chi connectivity index (χ0) is 28.0. The van der Waals surface area contributed by atoms with E-state index in [9.17, 15) is 4.79 Å². The third-order valence-electron chi connectivity index (χ3n) is 7.92. The lowest BCUT2D eigenvalue weighted by Crippen LogP contribution is -2.57. The number of ether oxygens (including phenoxy) is 1. The van der Waals surface area contributed by atoms with E-state index in [4.69, 9.17) is 27.9 Å². The molecule has 39 heavy (non-hydrogen) atoms. The van der Waals surface area contributed by atoms with Gasteiger partial charge in [0.15, 0.2) is 0 Å². The van der Waals surface area contributed by atoms with Crippen LogP contribution in [0.3, 0.4) is 0 Å². The van der Waals surface area contributed by atoms with Crippen LogP contribution in [0.4, 0.5) is 0 Å². The lowest BCUT2D eigenvalue weighted by Gasteiger charge is -2.52. The fraction of sp³-hybridized carbons (Fsp3) is 0.364. The normalized spacial score (nSPS) is 22.0. The van der Waals surface area contributed by atoms with Gasteiger partial charge in [0.25, 0.3) is 0 Å². The summed E-state index contributed by atoms with van der Waals surface area (Å²) in [5, 5.41) is 4.99. The second kappa shape index (κ2) is 13.0. The summed E-state index contributed by atoms with van der Waals surface area (Å²) in [5.74, 6) is 1.06. The quantitative estimate of drug-likeness (QED) is 0.238. The molecule has 3 aromatic carbocycles. The maximum Gasteiger partial charge on any atom is 0.229 e. The molecule has 1 amide bonds. The van der Waals surface area contributed by atoms with Crippen LogP contribution in [0.15, 0.2) is 85.5 Å². The van der Waals surface area contributed by atoms with E-state index < -0.39 is 5.41 Å². The monoisotopic (exact) mass is 564 g/mol. The average molecular weight is 566 g/mol. The minimum atomic E-state index is -0.568. The van der Waals surface area contributed by atoms with Gasteiger partial charge in [0.1, 0.15) is 5.75 Å². The Hall–Kier alpha value is -2.79. The Morgan fingerprint density at radius 2 is 1.79 bits per heavy atom. The summed E-state index contributed by atoms with van der Waals surface area (Å²) in [4.78, 5) is 16.6. The van der Waals surface area contributed by atoms with E-state index in [1.54, 1.807) is 7.11 Å².